The molecule has 0 aliphatic heterocycles. The number of hydrogen-bond acceptors (Lipinski definition) is 3. The molecule has 2 aromatic rings. The molecule has 0 fully saturated rings. The molecule has 0 unspecified atom stereocenters. The number of rotatable bonds is 2. The molecule has 3 N–H and O–H groups in total. The molecule has 0 radical (unpaired) electrons. The summed E-state index contributed by atoms with van der Waals surface area (Å²) in [6, 6.07) is 9.71. The summed E-state index contributed by atoms with van der Waals surface area (Å²) < 4.78 is 0. The van der Waals surface area contributed by atoms with Crippen molar-refractivity contribution < 1.29 is 15.0 Å². The van der Waals surface area contributed by atoms with Crippen molar-refractivity contribution in [3.8, 4) is 11.5 Å². The van der Waals surface area contributed by atoms with Crippen LogP contribution in [0.3, 0.4) is 0 Å². The maximum atomic E-state index is 12.0. The second kappa shape index (κ2) is 5.02. The summed E-state index contributed by atoms with van der Waals surface area (Å²) in [5, 5.41) is 21.3. The van der Waals surface area contributed by atoms with Gasteiger partial charge in [0.05, 0.1) is 0 Å². The van der Waals surface area contributed by atoms with Gasteiger partial charge in [0.25, 0.3) is 5.91 Å². The van der Waals surface area contributed by atoms with Crippen molar-refractivity contribution in [2.75, 3.05) is 5.32 Å². The molecule has 0 atom stereocenters. The molecule has 0 aromatic heterocycles. The Bertz CT molecular complexity index is 615. The minimum atomic E-state index is -0.333. The number of benzene rings is 2. The Kier molecular flexibility index (Phi) is 3.42. The van der Waals surface area contributed by atoms with Crippen LogP contribution in [0.15, 0.2) is 36.4 Å². The highest BCUT2D eigenvalue weighted by Gasteiger charge is 2.09. The Morgan fingerprint density at radius 1 is 0.947 bits per heavy atom. The second-order valence-electron chi connectivity index (χ2n) is 4.53. The summed E-state index contributed by atoms with van der Waals surface area (Å²) in [5.74, 6) is -0.892. The summed E-state index contributed by atoms with van der Waals surface area (Å²) in [4.78, 5) is 12.0. The van der Waals surface area contributed by atoms with Crippen molar-refractivity contribution in [2.45, 2.75) is 13.8 Å². The number of phenolic OH excluding ortho intramolecular Hbond substituents is 2. The summed E-state index contributed by atoms with van der Waals surface area (Å²) in [7, 11) is 0. The maximum absolute atomic E-state index is 12.0. The van der Waals surface area contributed by atoms with Crippen LogP contribution in [-0.4, -0.2) is 16.1 Å². The molecule has 2 rings (SSSR count). The van der Waals surface area contributed by atoms with Crippen molar-refractivity contribution in [1.82, 2.24) is 0 Å². The molecule has 0 saturated heterocycles. The molecule has 0 aliphatic carbocycles. The Morgan fingerprint density at radius 3 is 2.16 bits per heavy atom. The molecule has 19 heavy (non-hydrogen) atoms. The van der Waals surface area contributed by atoms with E-state index in [0.717, 1.165) is 11.1 Å². The normalized spacial score (nSPS) is 10.2. The third kappa shape index (κ3) is 3.04. The van der Waals surface area contributed by atoms with Gasteiger partial charge in [-0.15, -0.1) is 0 Å². The van der Waals surface area contributed by atoms with Gasteiger partial charge in [0.15, 0.2) is 11.5 Å². The lowest BCUT2D eigenvalue weighted by atomic mass is 10.1. The topological polar surface area (TPSA) is 69.6 Å². The van der Waals surface area contributed by atoms with Gasteiger partial charge in [-0.1, -0.05) is 6.07 Å². The number of amides is 1. The Hall–Kier alpha value is -2.49. The van der Waals surface area contributed by atoms with E-state index >= 15 is 0 Å². The first kappa shape index (κ1) is 13.0. The highest BCUT2D eigenvalue weighted by atomic mass is 16.3. The molecule has 0 saturated carbocycles. The molecule has 4 heteroatoms. The lowest BCUT2D eigenvalue weighted by molar-refractivity contribution is 0.102. The summed E-state index contributed by atoms with van der Waals surface area (Å²) in [6.45, 7) is 3.91. The van der Waals surface area contributed by atoms with E-state index in [1.807, 2.05) is 32.0 Å². The number of hydrogen-bond donors (Lipinski definition) is 3. The number of phenols is 2. The first-order valence-electron chi connectivity index (χ1n) is 5.87. The third-order valence-corrected chi connectivity index (χ3v) is 2.72. The lowest BCUT2D eigenvalue weighted by Crippen LogP contribution is -2.11. The van der Waals surface area contributed by atoms with Gasteiger partial charge in [-0.25, -0.2) is 0 Å². The van der Waals surface area contributed by atoms with Crippen LogP contribution in [0, 0.1) is 13.8 Å². The number of nitrogens with one attached hydrogen (secondary N) is 1. The lowest BCUT2D eigenvalue weighted by Gasteiger charge is -2.08. The molecular weight excluding hydrogens is 242 g/mol. The minimum absolute atomic E-state index is 0.247. The van der Waals surface area contributed by atoms with Gasteiger partial charge in [0.1, 0.15) is 0 Å². The second-order valence-corrected chi connectivity index (χ2v) is 4.53. The van der Waals surface area contributed by atoms with Crippen LogP contribution in [-0.2, 0) is 0 Å². The average molecular weight is 257 g/mol. The average Bonchev–Trinajstić information content (AvgIpc) is 2.31. The zero-order chi connectivity index (χ0) is 14.0. The molecule has 1 amide bonds. The first-order chi connectivity index (χ1) is 8.95. The van der Waals surface area contributed by atoms with E-state index in [4.69, 9.17) is 0 Å². The van der Waals surface area contributed by atoms with Gasteiger partial charge in [0.2, 0.25) is 0 Å². The molecule has 4 nitrogen and oxygen atoms in total. The standard InChI is InChI=1S/C15H15NO3/c1-9-5-10(2)7-12(6-9)16-15(19)11-3-4-13(17)14(18)8-11/h3-8,17-18H,1-2H3,(H,16,19). The van der Waals surface area contributed by atoms with Crippen molar-refractivity contribution >= 4 is 11.6 Å². The largest absolute Gasteiger partial charge is 0.504 e. The van der Waals surface area contributed by atoms with E-state index in [0.29, 0.717) is 5.69 Å². The molecule has 0 spiro atoms. The smallest absolute Gasteiger partial charge is 0.255 e. The molecular formula is C15H15NO3. The predicted molar refractivity (Wildman–Crippen MR) is 73.6 cm³/mol. The third-order valence-electron chi connectivity index (χ3n) is 2.72. The van der Waals surface area contributed by atoms with Gasteiger partial charge in [0, 0.05) is 11.3 Å². The zero-order valence-electron chi connectivity index (χ0n) is 10.8. The van der Waals surface area contributed by atoms with Gasteiger partial charge in [-0.3, -0.25) is 4.79 Å². The van der Waals surface area contributed by atoms with Crippen molar-refractivity contribution in [1.29, 1.82) is 0 Å². The van der Waals surface area contributed by atoms with Crippen LogP contribution in [0.5, 0.6) is 11.5 Å². The van der Waals surface area contributed by atoms with Crippen LogP contribution < -0.4 is 5.32 Å². The van der Waals surface area contributed by atoms with Gasteiger partial charge >= 0.3 is 0 Å². The quantitative estimate of drug-likeness (QED) is 0.724. The Balaban J connectivity index is 2.22. The zero-order valence-corrected chi connectivity index (χ0v) is 10.8. The van der Waals surface area contributed by atoms with E-state index in [9.17, 15) is 15.0 Å². The fourth-order valence-corrected chi connectivity index (χ4v) is 1.91. The molecule has 0 aliphatic rings. The van der Waals surface area contributed by atoms with Gasteiger partial charge in [-0.2, -0.15) is 0 Å². The van der Waals surface area contributed by atoms with E-state index in [-0.39, 0.29) is 23.0 Å². The maximum Gasteiger partial charge on any atom is 0.255 e. The molecule has 2 aromatic carbocycles. The van der Waals surface area contributed by atoms with E-state index < -0.39 is 0 Å². The van der Waals surface area contributed by atoms with E-state index in [1.54, 1.807) is 0 Å². The van der Waals surface area contributed by atoms with Crippen LogP contribution >= 0.6 is 0 Å². The Morgan fingerprint density at radius 2 is 1.58 bits per heavy atom. The van der Waals surface area contributed by atoms with E-state index in [1.165, 1.54) is 18.2 Å². The van der Waals surface area contributed by atoms with E-state index in [2.05, 4.69) is 5.32 Å². The highest BCUT2D eigenvalue weighted by molar-refractivity contribution is 6.04. The monoisotopic (exact) mass is 257 g/mol. The van der Waals surface area contributed by atoms with Crippen molar-refractivity contribution in [3.05, 3.63) is 53.1 Å². The summed E-state index contributed by atoms with van der Waals surface area (Å²) in [5.41, 5.74) is 3.11. The highest BCUT2D eigenvalue weighted by Crippen LogP contribution is 2.25. The number of carbonyl (C=O) groups is 1. The number of aryl methyl sites for hydroxylation is 2. The fraction of sp³-hybridized carbons (Fsp3) is 0.133. The fourth-order valence-electron chi connectivity index (χ4n) is 1.91. The predicted octanol–water partition coefficient (Wildman–Crippen LogP) is 2.97. The van der Waals surface area contributed by atoms with Crippen LogP contribution in [0.2, 0.25) is 0 Å². The minimum Gasteiger partial charge on any atom is -0.504 e. The number of aromatic hydroxyl groups is 2. The van der Waals surface area contributed by atoms with Gasteiger partial charge < -0.3 is 15.5 Å². The molecule has 0 bridgehead atoms. The SMILES string of the molecule is Cc1cc(C)cc(NC(=O)c2ccc(O)c(O)c2)c1. The number of anilines is 1. The van der Waals surface area contributed by atoms with Crippen molar-refractivity contribution in [2.24, 2.45) is 0 Å². The Labute approximate surface area is 111 Å². The van der Waals surface area contributed by atoms with Crippen molar-refractivity contribution in [3.63, 3.8) is 0 Å². The summed E-state index contributed by atoms with van der Waals surface area (Å²) >= 11 is 0. The molecule has 98 valence electrons. The molecule has 0 heterocycles. The first-order valence-corrected chi connectivity index (χ1v) is 5.87. The van der Waals surface area contributed by atoms with Crippen LogP contribution in [0.25, 0.3) is 0 Å². The van der Waals surface area contributed by atoms with Crippen LogP contribution in [0.1, 0.15) is 21.5 Å². The number of carbonyl (C=O) groups excluding carboxylic acids is 1. The van der Waals surface area contributed by atoms with Crippen LogP contribution in [0.4, 0.5) is 5.69 Å². The summed E-state index contributed by atoms with van der Waals surface area (Å²) in [6.07, 6.45) is 0. The van der Waals surface area contributed by atoms with Gasteiger partial charge in [-0.05, 0) is 55.3 Å².